The molecule has 6 heteroatoms. The Balaban J connectivity index is 1.68. The van der Waals surface area contributed by atoms with E-state index in [9.17, 15) is 14.0 Å². The predicted molar refractivity (Wildman–Crippen MR) is 86.6 cm³/mol. The number of amides is 2. The highest BCUT2D eigenvalue weighted by atomic mass is 19.1. The lowest BCUT2D eigenvalue weighted by atomic mass is 9.94. The van der Waals surface area contributed by atoms with E-state index in [1.54, 1.807) is 0 Å². The number of hydrogen-bond acceptors (Lipinski definition) is 3. The number of rotatable bonds is 6. The second-order valence-electron chi connectivity index (χ2n) is 5.72. The molecule has 0 heterocycles. The summed E-state index contributed by atoms with van der Waals surface area (Å²) in [5, 5.41) is 2.62. The van der Waals surface area contributed by atoms with Crippen molar-refractivity contribution in [2.75, 3.05) is 5.32 Å². The van der Waals surface area contributed by atoms with Gasteiger partial charge in [0.2, 0.25) is 11.8 Å². The minimum Gasteiger partial charge on any atom is -0.326 e. The molecule has 1 aliphatic carbocycles. The third-order valence-corrected chi connectivity index (χ3v) is 3.79. The molecule has 1 unspecified atom stereocenters. The van der Waals surface area contributed by atoms with Crippen molar-refractivity contribution in [3.63, 3.8) is 0 Å². The Labute approximate surface area is 135 Å². The second kappa shape index (κ2) is 8.31. The third-order valence-electron chi connectivity index (χ3n) is 3.79. The Kier molecular flexibility index (Phi) is 6.14. The number of allylic oxidation sites excluding steroid dienone is 2. The summed E-state index contributed by atoms with van der Waals surface area (Å²) in [6, 6.07) is 5.49. The molecular weight excluding hydrogens is 297 g/mol. The van der Waals surface area contributed by atoms with Crippen LogP contribution in [0.15, 0.2) is 36.0 Å². The van der Waals surface area contributed by atoms with Crippen molar-refractivity contribution in [1.82, 2.24) is 10.9 Å². The molecule has 2 amide bonds. The molecule has 0 saturated heterocycles. The van der Waals surface area contributed by atoms with Gasteiger partial charge in [0.1, 0.15) is 5.82 Å². The maximum absolute atomic E-state index is 12.8. The van der Waals surface area contributed by atoms with E-state index in [0.29, 0.717) is 11.6 Å². The van der Waals surface area contributed by atoms with E-state index in [-0.39, 0.29) is 30.5 Å². The summed E-state index contributed by atoms with van der Waals surface area (Å²) in [6.45, 7) is 2.11. The first-order valence-electron chi connectivity index (χ1n) is 7.85. The average molecular weight is 319 g/mol. The fraction of sp³-hybridized carbons (Fsp3) is 0.412. The molecule has 23 heavy (non-hydrogen) atoms. The van der Waals surface area contributed by atoms with Gasteiger partial charge < -0.3 is 10.7 Å². The first-order valence-corrected chi connectivity index (χ1v) is 7.85. The minimum absolute atomic E-state index is 0.0689. The Hall–Kier alpha value is -2.37. The van der Waals surface area contributed by atoms with Crippen molar-refractivity contribution in [1.29, 1.82) is 0 Å². The zero-order valence-corrected chi connectivity index (χ0v) is 13.2. The van der Waals surface area contributed by atoms with Crippen LogP contribution in [0.25, 0.3) is 0 Å². The summed E-state index contributed by atoms with van der Waals surface area (Å²) in [5.74, 6) is -0.472. The molecule has 1 aromatic rings. The zero-order chi connectivity index (χ0) is 16.7. The van der Waals surface area contributed by atoms with Crippen LogP contribution in [0.1, 0.15) is 39.0 Å². The fourth-order valence-corrected chi connectivity index (χ4v) is 2.40. The monoisotopic (exact) mass is 319 g/mol. The minimum atomic E-state index is -0.361. The molecule has 0 bridgehead atoms. The highest BCUT2D eigenvalue weighted by molar-refractivity contribution is 5.93. The number of halogens is 1. The van der Waals surface area contributed by atoms with Gasteiger partial charge in [0.25, 0.3) is 0 Å². The van der Waals surface area contributed by atoms with Crippen LogP contribution in [0, 0.1) is 11.7 Å². The highest BCUT2D eigenvalue weighted by Gasteiger charge is 2.13. The van der Waals surface area contributed by atoms with Gasteiger partial charge in [-0.2, -0.15) is 0 Å². The van der Waals surface area contributed by atoms with Gasteiger partial charge in [-0.1, -0.05) is 13.0 Å². The van der Waals surface area contributed by atoms with Crippen LogP contribution in [0.5, 0.6) is 0 Å². The first kappa shape index (κ1) is 17.0. The van der Waals surface area contributed by atoms with Crippen molar-refractivity contribution >= 4 is 17.5 Å². The fourth-order valence-electron chi connectivity index (χ4n) is 2.40. The lowest BCUT2D eigenvalue weighted by Gasteiger charge is -2.22. The first-order chi connectivity index (χ1) is 11.0. The third kappa shape index (κ3) is 5.73. The molecule has 1 aliphatic rings. The topological polar surface area (TPSA) is 70.2 Å². The van der Waals surface area contributed by atoms with E-state index in [4.69, 9.17) is 0 Å². The van der Waals surface area contributed by atoms with E-state index >= 15 is 0 Å². The Morgan fingerprint density at radius 2 is 1.87 bits per heavy atom. The van der Waals surface area contributed by atoms with Gasteiger partial charge in [-0.3, -0.25) is 15.0 Å². The van der Waals surface area contributed by atoms with Crippen molar-refractivity contribution in [3.8, 4) is 0 Å². The molecule has 0 aromatic heterocycles. The van der Waals surface area contributed by atoms with Crippen molar-refractivity contribution in [2.24, 2.45) is 5.92 Å². The van der Waals surface area contributed by atoms with Gasteiger partial charge in [-0.05, 0) is 49.4 Å². The SMILES string of the molecule is CC1CCCC=C1NNC(=O)CCC(=O)Nc1ccc(F)cc1. The van der Waals surface area contributed by atoms with Crippen LogP contribution in [0.3, 0.4) is 0 Å². The predicted octanol–water partition coefficient (Wildman–Crippen LogP) is 2.87. The van der Waals surface area contributed by atoms with Crippen LogP contribution in [0.4, 0.5) is 10.1 Å². The van der Waals surface area contributed by atoms with Gasteiger partial charge in [-0.15, -0.1) is 0 Å². The van der Waals surface area contributed by atoms with E-state index in [1.165, 1.54) is 30.7 Å². The van der Waals surface area contributed by atoms with Gasteiger partial charge in [-0.25, -0.2) is 4.39 Å². The Morgan fingerprint density at radius 3 is 2.57 bits per heavy atom. The van der Waals surface area contributed by atoms with E-state index in [1.807, 2.05) is 0 Å². The maximum Gasteiger partial charge on any atom is 0.238 e. The average Bonchev–Trinajstić information content (AvgIpc) is 2.54. The number of hydrogen-bond donors (Lipinski definition) is 3. The molecule has 0 spiro atoms. The Morgan fingerprint density at radius 1 is 1.17 bits per heavy atom. The molecule has 124 valence electrons. The molecule has 2 rings (SSSR count). The quantitative estimate of drug-likeness (QED) is 0.706. The molecule has 5 nitrogen and oxygen atoms in total. The van der Waals surface area contributed by atoms with Crippen molar-refractivity contribution < 1.29 is 14.0 Å². The van der Waals surface area contributed by atoms with Crippen LogP contribution >= 0.6 is 0 Å². The number of anilines is 1. The second-order valence-corrected chi connectivity index (χ2v) is 5.72. The van der Waals surface area contributed by atoms with Gasteiger partial charge >= 0.3 is 0 Å². The van der Waals surface area contributed by atoms with Gasteiger partial charge in [0.05, 0.1) is 0 Å². The number of nitrogens with one attached hydrogen (secondary N) is 3. The van der Waals surface area contributed by atoms with E-state index in [2.05, 4.69) is 29.2 Å². The maximum atomic E-state index is 12.8. The summed E-state index contributed by atoms with van der Waals surface area (Å²) in [4.78, 5) is 23.5. The normalized spacial score (nSPS) is 17.1. The van der Waals surface area contributed by atoms with Crippen molar-refractivity contribution in [3.05, 3.63) is 41.9 Å². The van der Waals surface area contributed by atoms with Crippen LogP contribution in [0.2, 0.25) is 0 Å². The van der Waals surface area contributed by atoms with E-state index in [0.717, 1.165) is 18.5 Å². The molecular formula is C17H22FN3O2. The standard InChI is InChI=1S/C17H22FN3O2/c1-12-4-2-3-5-15(12)20-21-17(23)11-10-16(22)19-14-8-6-13(18)7-9-14/h5-9,12,20H,2-4,10-11H2,1H3,(H,19,22)(H,21,23). The van der Waals surface area contributed by atoms with Crippen LogP contribution < -0.4 is 16.2 Å². The molecule has 3 N–H and O–H groups in total. The summed E-state index contributed by atoms with van der Waals surface area (Å²) in [6.07, 6.45) is 5.54. The largest absolute Gasteiger partial charge is 0.326 e. The summed E-state index contributed by atoms with van der Waals surface area (Å²) < 4.78 is 12.8. The Bertz CT molecular complexity index is 584. The molecule has 1 aromatic carbocycles. The molecule has 0 aliphatic heterocycles. The van der Waals surface area contributed by atoms with Crippen LogP contribution in [-0.2, 0) is 9.59 Å². The smallest absolute Gasteiger partial charge is 0.238 e. The van der Waals surface area contributed by atoms with Crippen molar-refractivity contribution in [2.45, 2.75) is 39.0 Å². The lowest BCUT2D eigenvalue weighted by Crippen LogP contribution is -2.39. The summed E-state index contributed by atoms with van der Waals surface area (Å²) in [5.41, 5.74) is 7.10. The highest BCUT2D eigenvalue weighted by Crippen LogP contribution is 2.21. The number of carbonyl (C=O) groups is 2. The number of carbonyl (C=O) groups excluding carboxylic acids is 2. The van der Waals surface area contributed by atoms with Gasteiger partial charge in [0.15, 0.2) is 0 Å². The molecule has 1 atom stereocenters. The number of hydrazine groups is 1. The molecule has 0 fully saturated rings. The summed E-state index contributed by atoms with van der Waals surface area (Å²) >= 11 is 0. The lowest BCUT2D eigenvalue weighted by molar-refractivity contribution is -0.125. The van der Waals surface area contributed by atoms with Gasteiger partial charge in [0, 0.05) is 24.2 Å². The summed E-state index contributed by atoms with van der Waals surface area (Å²) in [7, 11) is 0. The molecule has 0 saturated carbocycles. The van der Waals surface area contributed by atoms with Crippen LogP contribution in [-0.4, -0.2) is 11.8 Å². The van der Waals surface area contributed by atoms with E-state index < -0.39 is 0 Å². The number of benzene rings is 1. The molecule has 0 radical (unpaired) electrons. The zero-order valence-electron chi connectivity index (χ0n) is 13.2.